The Morgan fingerprint density at radius 1 is 0.951 bits per heavy atom. The average molecular weight is 568 g/mol. The van der Waals surface area contributed by atoms with E-state index in [0.29, 0.717) is 52.1 Å². The van der Waals surface area contributed by atoms with Crippen LogP contribution in [-0.2, 0) is 9.59 Å². The Balaban J connectivity index is 1.29. The van der Waals surface area contributed by atoms with Gasteiger partial charge in [0.1, 0.15) is 5.82 Å². The number of halogens is 3. The normalized spacial score (nSPS) is 17.3. The molecule has 5 rings (SSSR count). The standard InChI is InChI=1S/C31H36F3N5O2/c1-19-17-28(36-20(2)24-5-4-6-25(29(24)32)30(33)34)26-18-23(7-8-27(26)35-19)38-13-15-39(16-14-38)31(41)22-9-11-37(12-10-22)21(3)40/h4-8,17-18,20,22,30H,9-16H2,1-3H3,(H,35,36)/t20-/m1/s1. The van der Waals surface area contributed by atoms with Crippen molar-refractivity contribution < 1.29 is 22.8 Å². The molecule has 1 aromatic heterocycles. The third kappa shape index (κ3) is 6.11. The van der Waals surface area contributed by atoms with Gasteiger partial charge >= 0.3 is 0 Å². The van der Waals surface area contributed by atoms with Gasteiger partial charge in [0.2, 0.25) is 11.8 Å². The number of piperazine rings is 1. The van der Waals surface area contributed by atoms with E-state index in [-0.39, 0.29) is 23.3 Å². The van der Waals surface area contributed by atoms with E-state index in [0.717, 1.165) is 34.0 Å². The number of aromatic nitrogens is 1. The van der Waals surface area contributed by atoms with Crippen LogP contribution < -0.4 is 10.2 Å². The monoisotopic (exact) mass is 567 g/mol. The van der Waals surface area contributed by atoms with Crippen molar-refractivity contribution in [3.8, 4) is 0 Å². The van der Waals surface area contributed by atoms with Crippen LogP contribution in [0.25, 0.3) is 10.9 Å². The van der Waals surface area contributed by atoms with Gasteiger partial charge in [-0.1, -0.05) is 18.2 Å². The number of amides is 2. The van der Waals surface area contributed by atoms with Gasteiger partial charge in [0.25, 0.3) is 6.43 Å². The number of fused-ring (bicyclic) bond motifs is 1. The fraction of sp³-hybridized carbons (Fsp3) is 0.452. The first-order valence-corrected chi connectivity index (χ1v) is 14.2. The molecule has 2 aliphatic heterocycles. The predicted octanol–water partition coefficient (Wildman–Crippen LogP) is 5.70. The van der Waals surface area contributed by atoms with Crippen LogP contribution in [0.1, 0.15) is 56.0 Å². The molecule has 0 bridgehead atoms. The van der Waals surface area contributed by atoms with Crippen molar-refractivity contribution in [2.45, 2.75) is 46.1 Å². The van der Waals surface area contributed by atoms with E-state index in [1.807, 2.05) is 36.1 Å². The lowest BCUT2D eigenvalue weighted by Crippen LogP contribution is -2.52. The number of nitrogens with zero attached hydrogens (tertiary/aromatic N) is 4. The summed E-state index contributed by atoms with van der Waals surface area (Å²) in [5, 5.41) is 4.17. The molecule has 0 radical (unpaired) electrons. The van der Waals surface area contributed by atoms with Crippen LogP contribution in [0.4, 0.5) is 24.5 Å². The molecule has 2 fully saturated rings. The number of carbonyl (C=O) groups is 2. The van der Waals surface area contributed by atoms with Gasteiger partial charge in [0, 0.05) is 80.1 Å². The molecule has 2 amide bonds. The zero-order valence-electron chi connectivity index (χ0n) is 23.7. The number of hydrogen-bond donors (Lipinski definition) is 1. The van der Waals surface area contributed by atoms with Gasteiger partial charge in [-0.3, -0.25) is 14.6 Å². The summed E-state index contributed by atoms with van der Waals surface area (Å²) in [4.78, 5) is 35.4. The predicted molar refractivity (Wildman–Crippen MR) is 154 cm³/mol. The summed E-state index contributed by atoms with van der Waals surface area (Å²) < 4.78 is 41.4. The van der Waals surface area contributed by atoms with Gasteiger partial charge in [-0.15, -0.1) is 0 Å². The smallest absolute Gasteiger partial charge is 0.266 e. The van der Waals surface area contributed by atoms with E-state index < -0.39 is 23.8 Å². The summed E-state index contributed by atoms with van der Waals surface area (Å²) in [5.74, 6) is -0.690. The maximum atomic E-state index is 14.9. The SMILES string of the molecule is CC(=O)N1CCC(C(=O)N2CCN(c3ccc4nc(C)cc(N[C@H](C)c5cccc(C(F)F)c5F)c4c3)CC2)CC1. The fourth-order valence-electron chi connectivity index (χ4n) is 5.93. The highest BCUT2D eigenvalue weighted by Crippen LogP contribution is 2.33. The van der Waals surface area contributed by atoms with Crippen LogP contribution in [0, 0.1) is 18.7 Å². The van der Waals surface area contributed by atoms with Crippen molar-refractivity contribution in [2.24, 2.45) is 5.92 Å². The van der Waals surface area contributed by atoms with Crippen molar-refractivity contribution in [2.75, 3.05) is 49.5 Å². The number of likely N-dealkylation sites (tertiary alicyclic amines) is 1. The highest BCUT2D eigenvalue weighted by Gasteiger charge is 2.31. The Kier molecular flexibility index (Phi) is 8.37. The van der Waals surface area contributed by atoms with Crippen LogP contribution in [0.5, 0.6) is 0 Å². The number of alkyl halides is 2. The Bertz CT molecular complexity index is 1430. The molecule has 3 heterocycles. The number of benzene rings is 2. The van der Waals surface area contributed by atoms with Gasteiger partial charge < -0.3 is 20.0 Å². The van der Waals surface area contributed by atoms with E-state index in [2.05, 4.69) is 15.2 Å². The van der Waals surface area contributed by atoms with Crippen LogP contribution in [0.3, 0.4) is 0 Å². The molecule has 218 valence electrons. The minimum atomic E-state index is -2.88. The molecule has 41 heavy (non-hydrogen) atoms. The summed E-state index contributed by atoms with van der Waals surface area (Å²) in [6, 6.07) is 11.4. The summed E-state index contributed by atoms with van der Waals surface area (Å²) >= 11 is 0. The average Bonchev–Trinajstić information content (AvgIpc) is 2.96. The first kappa shape index (κ1) is 28.7. The molecule has 0 aliphatic carbocycles. The van der Waals surface area contributed by atoms with Crippen molar-refractivity contribution in [3.05, 3.63) is 65.1 Å². The molecule has 7 nitrogen and oxygen atoms in total. The molecule has 0 spiro atoms. The first-order valence-electron chi connectivity index (χ1n) is 14.2. The van der Waals surface area contributed by atoms with Gasteiger partial charge in [-0.2, -0.15) is 0 Å². The molecule has 1 N–H and O–H groups in total. The molecule has 0 unspecified atom stereocenters. The van der Waals surface area contributed by atoms with Crippen LogP contribution in [-0.4, -0.2) is 65.9 Å². The number of nitrogens with one attached hydrogen (secondary N) is 1. The lowest BCUT2D eigenvalue weighted by Gasteiger charge is -2.39. The number of aryl methyl sites for hydroxylation is 1. The largest absolute Gasteiger partial charge is 0.378 e. The summed E-state index contributed by atoms with van der Waals surface area (Å²) in [5.41, 5.74) is 2.86. The fourth-order valence-corrected chi connectivity index (χ4v) is 5.93. The van der Waals surface area contributed by atoms with Crippen LogP contribution in [0.15, 0.2) is 42.5 Å². The molecular formula is C31H36F3N5O2. The van der Waals surface area contributed by atoms with Crippen LogP contribution >= 0.6 is 0 Å². The Morgan fingerprint density at radius 3 is 2.29 bits per heavy atom. The van der Waals surface area contributed by atoms with Gasteiger partial charge in [0.05, 0.1) is 17.1 Å². The van der Waals surface area contributed by atoms with E-state index >= 15 is 0 Å². The minimum absolute atomic E-state index is 0.0334. The number of piperidine rings is 1. The van der Waals surface area contributed by atoms with Crippen molar-refractivity contribution in [1.82, 2.24) is 14.8 Å². The van der Waals surface area contributed by atoms with Gasteiger partial charge in [0.15, 0.2) is 0 Å². The molecule has 1 atom stereocenters. The summed E-state index contributed by atoms with van der Waals surface area (Å²) in [7, 11) is 0. The second-order valence-corrected chi connectivity index (χ2v) is 11.0. The minimum Gasteiger partial charge on any atom is -0.378 e. The quantitative estimate of drug-likeness (QED) is 0.414. The zero-order chi connectivity index (χ0) is 29.3. The van der Waals surface area contributed by atoms with E-state index in [1.165, 1.54) is 12.1 Å². The number of pyridine rings is 1. The third-order valence-corrected chi connectivity index (χ3v) is 8.30. The van der Waals surface area contributed by atoms with Crippen molar-refractivity contribution in [3.63, 3.8) is 0 Å². The number of rotatable bonds is 6. The number of hydrogen-bond acceptors (Lipinski definition) is 5. The van der Waals surface area contributed by atoms with E-state index in [9.17, 15) is 22.8 Å². The van der Waals surface area contributed by atoms with Crippen LogP contribution in [0.2, 0.25) is 0 Å². The summed E-state index contributed by atoms with van der Waals surface area (Å²) in [6.07, 6.45) is -1.47. The molecule has 2 aromatic carbocycles. The van der Waals surface area contributed by atoms with Gasteiger partial charge in [-0.25, -0.2) is 13.2 Å². The maximum Gasteiger partial charge on any atom is 0.266 e. The highest BCUT2D eigenvalue weighted by molar-refractivity contribution is 5.94. The lowest BCUT2D eigenvalue weighted by molar-refractivity contribution is -0.140. The molecule has 2 aliphatic rings. The molecule has 10 heteroatoms. The Morgan fingerprint density at radius 2 is 1.63 bits per heavy atom. The molecule has 3 aromatic rings. The van der Waals surface area contributed by atoms with Crippen molar-refractivity contribution in [1.29, 1.82) is 0 Å². The Hall–Kier alpha value is -3.82. The summed E-state index contributed by atoms with van der Waals surface area (Å²) in [6.45, 7) is 9.09. The lowest BCUT2D eigenvalue weighted by atomic mass is 9.95. The van der Waals surface area contributed by atoms with E-state index in [4.69, 9.17) is 0 Å². The molecule has 2 saturated heterocycles. The third-order valence-electron chi connectivity index (χ3n) is 8.30. The second-order valence-electron chi connectivity index (χ2n) is 11.0. The van der Waals surface area contributed by atoms with Crippen molar-refractivity contribution >= 4 is 34.1 Å². The second kappa shape index (κ2) is 12.0. The first-order chi connectivity index (χ1) is 19.6. The molecular weight excluding hydrogens is 531 g/mol. The number of carbonyl (C=O) groups excluding carboxylic acids is 2. The maximum absolute atomic E-state index is 14.9. The Labute approximate surface area is 238 Å². The van der Waals surface area contributed by atoms with E-state index in [1.54, 1.807) is 18.7 Å². The van der Waals surface area contributed by atoms with Gasteiger partial charge in [-0.05, 0) is 51.0 Å². The topological polar surface area (TPSA) is 68.8 Å². The number of anilines is 2. The highest BCUT2D eigenvalue weighted by atomic mass is 19.3. The molecule has 0 saturated carbocycles. The zero-order valence-corrected chi connectivity index (χ0v) is 23.7.